The highest BCUT2D eigenvalue weighted by atomic mass is 16.2. The fraction of sp³-hybridized carbons (Fsp3) is 0.364. The van der Waals surface area contributed by atoms with Crippen molar-refractivity contribution in [3.05, 3.63) is 71.7 Å². The number of hydrogen-bond donors (Lipinski definition) is 1. The summed E-state index contributed by atoms with van der Waals surface area (Å²) in [6.45, 7) is 4.82. The zero-order chi connectivity index (χ0) is 18.6. The van der Waals surface area contributed by atoms with Crippen LogP contribution in [0.2, 0.25) is 0 Å². The summed E-state index contributed by atoms with van der Waals surface area (Å²) in [5.74, 6) is -0.0503. The molecule has 0 radical (unpaired) electrons. The maximum absolute atomic E-state index is 13.1. The number of nitrogens with zero attached hydrogens (tertiary/aromatic N) is 3. The van der Waals surface area contributed by atoms with Crippen LogP contribution in [-0.4, -0.2) is 39.8 Å². The molecule has 27 heavy (non-hydrogen) atoms. The molecular weight excluding hydrogens is 336 g/mol. The number of rotatable bonds is 6. The van der Waals surface area contributed by atoms with Crippen molar-refractivity contribution in [2.75, 3.05) is 19.6 Å². The molecule has 1 saturated heterocycles. The van der Waals surface area contributed by atoms with Crippen molar-refractivity contribution in [2.45, 2.75) is 32.2 Å². The van der Waals surface area contributed by atoms with Gasteiger partial charge in [-0.15, -0.1) is 0 Å². The summed E-state index contributed by atoms with van der Waals surface area (Å²) in [4.78, 5) is 20.1. The van der Waals surface area contributed by atoms with Gasteiger partial charge in [-0.05, 0) is 50.0 Å². The molecule has 0 spiro atoms. The lowest BCUT2D eigenvalue weighted by molar-refractivity contribution is 0.0931. The number of likely N-dealkylation sites (tertiary alicyclic amines) is 1. The Hall–Kier alpha value is -2.66. The minimum atomic E-state index is -0.0503. The maximum Gasteiger partial charge on any atom is 0.270 e. The quantitative estimate of drug-likeness (QED) is 0.730. The molecule has 4 rings (SSSR count). The first kappa shape index (κ1) is 17.7. The first-order valence-corrected chi connectivity index (χ1v) is 9.81. The number of aryl methyl sites for hydroxylation is 1. The summed E-state index contributed by atoms with van der Waals surface area (Å²) in [6.07, 6.45) is 5.10. The monoisotopic (exact) mass is 362 g/mol. The predicted octanol–water partition coefficient (Wildman–Crippen LogP) is 3.46. The molecule has 5 nitrogen and oxygen atoms in total. The van der Waals surface area contributed by atoms with Crippen LogP contribution in [0.4, 0.5) is 0 Å². The van der Waals surface area contributed by atoms with Gasteiger partial charge < -0.3 is 5.32 Å². The van der Waals surface area contributed by atoms with E-state index in [4.69, 9.17) is 0 Å². The molecule has 0 aliphatic carbocycles. The van der Waals surface area contributed by atoms with Crippen molar-refractivity contribution in [1.29, 1.82) is 0 Å². The Morgan fingerprint density at radius 2 is 1.85 bits per heavy atom. The van der Waals surface area contributed by atoms with E-state index in [2.05, 4.69) is 39.5 Å². The zero-order valence-corrected chi connectivity index (χ0v) is 15.8. The average molecular weight is 362 g/mol. The van der Waals surface area contributed by atoms with E-state index in [0.29, 0.717) is 12.2 Å². The van der Waals surface area contributed by atoms with Crippen LogP contribution in [0.3, 0.4) is 0 Å². The number of hydrogen-bond acceptors (Lipinski definition) is 3. The summed E-state index contributed by atoms with van der Waals surface area (Å²) in [7, 11) is 0. The van der Waals surface area contributed by atoms with Gasteiger partial charge in [0.1, 0.15) is 11.3 Å². The summed E-state index contributed by atoms with van der Waals surface area (Å²) in [5, 5.41) is 3.19. The number of aromatic nitrogens is 2. The van der Waals surface area contributed by atoms with Gasteiger partial charge >= 0.3 is 0 Å². The normalized spacial score (nSPS) is 15.9. The van der Waals surface area contributed by atoms with E-state index in [9.17, 15) is 4.79 Å². The van der Waals surface area contributed by atoms with Crippen LogP contribution in [0.15, 0.2) is 54.7 Å². The Balaban J connectivity index is 1.57. The van der Waals surface area contributed by atoms with Crippen molar-refractivity contribution in [3.63, 3.8) is 0 Å². The third kappa shape index (κ3) is 3.60. The molecular formula is C22H26N4O. The van der Waals surface area contributed by atoms with Gasteiger partial charge in [-0.1, -0.05) is 43.3 Å². The Morgan fingerprint density at radius 1 is 1.11 bits per heavy atom. The van der Waals surface area contributed by atoms with Crippen LogP contribution in [0.25, 0.3) is 5.65 Å². The highest BCUT2D eigenvalue weighted by Gasteiger charge is 2.25. The number of imidazole rings is 1. The molecule has 1 N–H and O–H groups in total. The van der Waals surface area contributed by atoms with E-state index in [1.165, 1.54) is 18.4 Å². The van der Waals surface area contributed by atoms with Gasteiger partial charge in [-0.25, -0.2) is 4.98 Å². The lowest BCUT2D eigenvalue weighted by Crippen LogP contribution is -2.37. The van der Waals surface area contributed by atoms with Gasteiger partial charge in [0.2, 0.25) is 0 Å². The molecule has 1 fully saturated rings. The lowest BCUT2D eigenvalue weighted by Gasteiger charge is -2.28. The first-order chi connectivity index (χ1) is 13.3. The second kappa shape index (κ2) is 7.92. The predicted molar refractivity (Wildman–Crippen MR) is 107 cm³/mol. The van der Waals surface area contributed by atoms with Gasteiger partial charge in [-0.2, -0.15) is 0 Å². The van der Waals surface area contributed by atoms with Crippen molar-refractivity contribution >= 4 is 11.6 Å². The lowest BCUT2D eigenvalue weighted by atomic mass is 10.1. The number of nitrogens with one attached hydrogen (secondary N) is 1. The Morgan fingerprint density at radius 3 is 2.59 bits per heavy atom. The van der Waals surface area contributed by atoms with Crippen molar-refractivity contribution in [2.24, 2.45) is 0 Å². The molecule has 0 bridgehead atoms. The maximum atomic E-state index is 13.1. The van der Waals surface area contributed by atoms with Gasteiger partial charge in [-0.3, -0.25) is 14.1 Å². The number of amides is 1. The molecule has 3 heterocycles. The Labute approximate surface area is 160 Å². The summed E-state index contributed by atoms with van der Waals surface area (Å²) in [5.41, 5.74) is 3.57. The van der Waals surface area contributed by atoms with Crippen LogP contribution in [-0.2, 0) is 6.42 Å². The summed E-state index contributed by atoms with van der Waals surface area (Å²) in [6, 6.07) is 16.5. The van der Waals surface area contributed by atoms with Crippen LogP contribution in [0, 0.1) is 0 Å². The molecule has 2 aromatic heterocycles. The SMILES string of the molecule is CCc1nc2ccccn2c1C(=O)NCC(c1ccccc1)N1CCCC1. The van der Waals surface area contributed by atoms with Crippen LogP contribution in [0.5, 0.6) is 0 Å². The first-order valence-electron chi connectivity index (χ1n) is 9.81. The fourth-order valence-corrected chi connectivity index (χ4v) is 3.99. The van der Waals surface area contributed by atoms with Crippen LogP contribution < -0.4 is 5.32 Å². The molecule has 1 aromatic carbocycles. The largest absolute Gasteiger partial charge is 0.349 e. The second-order valence-electron chi connectivity index (χ2n) is 7.07. The van der Waals surface area contributed by atoms with Crippen LogP contribution >= 0.6 is 0 Å². The van der Waals surface area contributed by atoms with E-state index < -0.39 is 0 Å². The molecule has 5 heteroatoms. The standard InChI is InChI=1S/C22H26N4O/c1-2-18-21(26-15-7-6-12-20(26)24-18)22(27)23-16-19(25-13-8-9-14-25)17-10-4-3-5-11-17/h3-7,10-12,15,19H,2,8-9,13-14,16H2,1H3,(H,23,27). The molecule has 140 valence electrons. The zero-order valence-electron chi connectivity index (χ0n) is 15.8. The molecule has 1 unspecified atom stereocenters. The fourth-order valence-electron chi connectivity index (χ4n) is 3.99. The topological polar surface area (TPSA) is 49.6 Å². The van der Waals surface area contributed by atoms with Crippen LogP contribution in [0.1, 0.15) is 47.6 Å². The Bertz CT molecular complexity index is 912. The Kier molecular flexibility index (Phi) is 5.21. The van der Waals surface area contributed by atoms with E-state index in [1.807, 2.05) is 41.8 Å². The third-order valence-corrected chi connectivity index (χ3v) is 5.37. The molecule has 1 aliphatic heterocycles. The smallest absolute Gasteiger partial charge is 0.270 e. The van der Waals surface area contributed by atoms with E-state index in [1.54, 1.807) is 0 Å². The number of pyridine rings is 1. The van der Waals surface area contributed by atoms with Crippen molar-refractivity contribution in [3.8, 4) is 0 Å². The van der Waals surface area contributed by atoms with E-state index in [0.717, 1.165) is 30.9 Å². The van der Waals surface area contributed by atoms with Crippen molar-refractivity contribution < 1.29 is 4.79 Å². The minimum absolute atomic E-state index is 0.0503. The third-order valence-electron chi connectivity index (χ3n) is 5.37. The van der Waals surface area contributed by atoms with Gasteiger partial charge in [0.05, 0.1) is 11.7 Å². The molecule has 1 amide bonds. The summed E-state index contributed by atoms with van der Waals surface area (Å²) < 4.78 is 1.89. The average Bonchev–Trinajstić information content (AvgIpc) is 3.36. The van der Waals surface area contributed by atoms with Gasteiger partial charge in [0.25, 0.3) is 5.91 Å². The van der Waals surface area contributed by atoms with E-state index in [-0.39, 0.29) is 11.9 Å². The van der Waals surface area contributed by atoms with Gasteiger partial charge in [0, 0.05) is 12.7 Å². The highest BCUT2D eigenvalue weighted by Crippen LogP contribution is 2.24. The number of benzene rings is 1. The minimum Gasteiger partial charge on any atom is -0.349 e. The van der Waals surface area contributed by atoms with Crippen molar-refractivity contribution in [1.82, 2.24) is 19.6 Å². The highest BCUT2D eigenvalue weighted by molar-refractivity contribution is 5.94. The van der Waals surface area contributed by atoms with Gasteiger partial charge in [0.15, 0.2) is 0 Å². The second-order valence-corrected chi connectivity index (χ2v) is 7.07. The molecule has 0 saturated carbocycles. The molecule has 3 aromatic rings. The number of carbonyl (C=O) groups excluding carboxylic acids is 1. The molecule has 1 atom stereocenters. The molecule has 1 aliphatic rings. The number of fused-ring (bicyclic) bond motifs is 1. The number of carbonyl (C=O) groups is 1. The van der Waals surface area contributed by atoms with E-state index >= 15 is 0 Å². The summed E-state index contributed by atoms with van der Waals surface area (Å²) >= 11 is 0.